The fourth-order valence-corrected chi connectivity index (χ4v) is 6.64. The Morgan fingerprint density at radius 2 is 1.75 bits per heavy atom. The lowest BCUT2D eigenvalue weighted by Gasteiger charge is -2.50. The number of aliphatic hydroxyl groups is 3. The second kappa shape index (κ2) is 9.27. The van der Waals surface area contributed by atoms with Gasteiger partial charge in [0.25, 0.3) is 5.91 Å². The molecule has 40 heavy (non-hydrogen) atoms. The molecular formula is C28H31N3O9. The molecular weight excluding hydrogens is 522 g/mol. The van der Waals surface area contributed by atoms with Gasteiger partial charge in [0.1, 0.15) is 22.8 Å². The van der Waals surface area contributed by atoms with E-state index in [4.69, 9.17) is 5.73 Å². The van der Waals surface area contributed by atoms with Crippen molar-refractivity contribution >= 4 is 29.2 Å². The summed E-state index contributed by atoms with van der Waals surface area (Å²) in [4.78, 5) is 67.7. The fraction of sp³-hybridized carbons (Fsp3) is 0.464. The van der Waals surface area contributed by atoms with Crippen LogP contribution in [0.4, 0.5) is 0 Å². The Morgan fingerprint density at radius 3 is 2.30 bits per heavy atom. The molecule has 12 heteroatoms. The lowest BCUT2D eigenvalue weighted by atomic mass is 9.58. The summed E-state index contributed by atoms with van der Waals surface area (Å²) in [6, 6.07) is 1.44. The fourth-order valence-electron chi connectivity index (χ4n) is 6.64. The predicted molar refractivity (Wildman–Crippen MR) is 138 cm³/mol. The number of benzene rings is 1. The zero-order chi connectivity index (χ0) is 29.4. The molecule has 6 N–H and O–H groups in total. The molecule has 0 aliphatic heterocycles. The molecule has 0 saturated heterocycles. The number of Topliss-reactive ketones (excluding diaryl/α,β-unsaturated/α-hetero) is 3. The van der Waals surface area contributed by atoms with Crippen LogP contribution in [0.3, 0.4) is 0 Å². The van der Waals surface area contributed by atoms with Crippen LogP contribution in [0, 0.1) is 11.8 Å². The van der Waals surface area contributed by atoms with Crippen molar-refractivity contribution < 1.29 is 44.4 Å². The molecule has 1 fully saturated rings. The Hall–Kier alpha value is -4.03. The lowest BCUT2D eigenvalue weighted by Crippen LogP contribution is -2.63. The van der Waals surface area contributed by atoms with Crippen molar-refractivity contribution in [3.05, 3.63) is 51.5 Å². The second-order valence-electron chi connectivity index (χ2n) is 11.3. The quantitative estimate of drug-likeness (QED) is 0.241. The Bertz CT molecular complexity index is 1450. The molecule has 4 aliphatic rings. The average molecular weight is 554 g/mol. The number of aromatic hydroxyl groups is 1. The Kier molecular flexibility index (Phi) is 6.38. The van der Waals surface area contributed by atoms with Gasteiger partial charge < -0.3 is 31.1 Å². The number of allylic oxidation sites excluding steroid dienone is 1. The van der Waals surface area contributed by atoms with Crippen LogP contribution in [0.5, 0.6) is 5.75 Å². The van der Waals surface area contributed by atoms with E-state index in [0.717, 1.165) is 12.8 Å². The number of carbonyl (C=O) groups is 5. The van der Waals surface area contributed by atoms with E-state index in [0.29, 0.717) is 0 Å². The number of rotatable bonds is 6. The van der Waals surface area contributed by atoms with E-state index < -0.39 is 69.6 Å². The topological polar surface area (TPSA) is 199 Å². The van der Waals surface area contributed by atoms with Gasteiger partial charge in [-0.2, -0.15) is 0 Å². The molecule has 0 radical (unpaired) electrons. The third-order valence-corrected chi connectivity index (χ3v) is 8.61. The molecule has 212 valence electrons. The van der Waals surface area contributed by atoms with E-state index >= 15 is 0 Å². The van der Waals surface area contributed by atoms with Gasteiger partial charge in [-0.15, -0.1) is 0 Å². The number of primary amides is 1. The number of likely N-dealkylation sites (N-methyl/N-ethyl adjacent to an activating group) is 1. The molecule has 2 amide bonds. The molecule has 4 aliphatic carbocycles. The van der Waals surface area contributed by atoms with Gasteiger partial charge in [0.15, 0.2) is 17.2 Å². The summed E-state index contributed by atoms with van der Waals surface area (Å²) < 4.78 is 0. The smallest absolute Gasteiger partial charge is 0.255 e. The van der Waals surface area contributed by atoms with Crippen LogP contribution in [-0.2, 0) is 20.8 Å². The molecule has 0 aromatic heterocycles. The highest BCUT2D eigenvalue weighted by Gasteiger charge is 2.63. The maximum Gasteiger partial charge on any atom is 0.255 e. The number of nitrogens with two attached hydrogens (primary N) is 1. The molecule has 0 bridgehead atoms. The molecule has 1 unspecified atom stereocenters. The van der Waals surface area contributed by atoms with Crippen molar-refractivity contribution in [2.24, 2.45) is 17.6 Å². The average Bonchev–Trinajstić information content (AvgIpc) is 3.69. The summed E-state index contributed by atoms with van der Waals surface area (Å²) in [6.07, 6.45) is 1.50. The normalized spacial score (nSPS) is 27.8. The van der Waals surface area contributed by atoms with Gasteiger partial charge in [-0.25, -0.2) is 0 Å². The summed E-state index contributed by atoms with van der Waals surface area (Å²) in [5.74, 6) is -8.21. The van der Waals surface area contributed by atoms with Crippen molar-refractivity contribution in [2.75, 3.05) is 20.6 Å². The second-order valence-corrected chi connectivity index (χ2v) is 11.3. The minimum absolute atomic E-state index is 0.00644. The van der Waals surface area contributed by atoms with Crippen LogP contribution in [0.2, 0.25) is 0 Å². The standard InChI is InChI=1S/C28H31N3O9/c1-11(32)31(13-4-5-13)10-18(34)14-6-7-17(33)20-15(14)8-12-9-16-22(30(2)3)24(36)21(27(29)39)26(38)28(16,40)25(37)19(12)23(20)35/h6-7,12-13,16,22,33,36-37,40H,4-5,8-10H2,1-3H3,(H2,29,39)/t12-,16?,22-,28-/m0/s1. The van der Waals surface area contributed by atoms with E-state index in [1.807, 2.05) is 0 Å². The predicted octanol–water partition coefficient (Wildman–Crippen LogP) is 0.314. The Balaban J connectivity index is 1.63. The minimum Gasteiger partial charge on any atom is -0.510 e. The molecule has 1 aromatic rings. The monoisotopic (exact) mass is 553 g/mol. The van der Waals surface area contributed by atoms with Gasteiger partial charge in [0, 0.05) is 30.0 Å². The van der Waals surface area contributed by atoms with Crippen LogP contribution < -0.4 is 5.73 Å². The number of fused-ring (bicyclic) bond motifs is 3. The molecule has 1 aromatic carbocycles. The van der Waals surface area contributed by atoms with Gasteiger partial charge in [0.2, 0.25) is 11.7 Å². The number of amides is 2. The number of aliphatic hydroxyl groups excluding tert-OH is 2. The first-order chi connectivity index (χ1) is 18.7. The largest absolute Gasteiger partial charge is 0.510 e. The van der Waals surface area contributed by atoms with E-state index in [9.17, 15) is 44.4 Å². The van der Waals surface area contributed by atoms with E-state index in [1.54, 1.807) is 14.1 Å². The number of carbonyl (C=O) groups excluding carboxylic acids is 5. The van der Waals surface area contributed by atoms with Gasteiger partial charge in [-0.1, -0.05) is 0 Å². The number of phenols is 1. The van der Waals surface area contributed by atoms with Crippen LogP contribution in [-0.4, -0.2) is 97.7 Å². The molecule has 12 nitrogen and oxygen atoms in total. The highest BCUT2D eigenvalue weighted by atomic mass is 16.3. The van der Waals surface area contributed by atoms with E-state index in [1.165, 1.54) is 28.9 Å². The summed E-state index contributed by atoms with van der Waals surface area (Å²) in [7, 11) is 3.09. The molecule has 1 saturated carbocycles. The van der Waals surface area contributed by atoms with Gasteiger partial charge in [-0.05, 0) is 63.4 Å². The van der Waals surface area contributed by atoms with Crippen LogP contribution in [0.25, 0.3) is 0 Å². The highest BCUT2D eigenvalue weighted by molar-refractivity contribution is 6.25. The van der Waals surface area contributed by atoms with Gasteiger partial charge >= 0.3 is 0 Å². The number of hydrogen-bond acceptors (Lipinski definition) is 10. The third-order valence-electron chi connectivity index (χ3n) is 8.61. The zero-order valence-corrected chi connectivity index (χ0v) is 22.3. The maximum absolute atomic E-state index is 13.8. The summed E-state index contributed by atoms with van der Waals surface area (Å²) >= 11 is 0. The molecule has 0 spiro atoms. The first-order valence-electron chi connectivity index (χ1n) is 13.0. The number of ketones is 3. The van der Waals surface area contributed by atoms with Crippen molar-refractivity contribution in [2.45, 2.75) is 50.3 Å². The van der Waals surface area contributed by atoms with Crippen molar-refractivity contribution in [3.63, 3.8) is 0 Å². The molecule has 5 rings (SSSR count). The van der Waals surface area contributed by atoms with Crippen LogP contribution in [0.15, 0.2) is 34.8 Å². The summed E-state index contributed by atoms with van der Waals surface area (Å²) in [5.41, 5.74) is 1.56. The maximum atomic E-state index is 13.8. The SMILES string of the molecule is CC(=O)N(CC(=O)c1ccc(O)c2c1C[C@H]1CC3[C@H](N(C)C)C(O)=C(C(N)=O)C(=O)[C@@]3(O)C(O)=C1C2=O)C1CC1. The lowest BCUT2D eigenvalue weighted by molar-refractivity contribution is -0.148. The number of hydrogen-bond donors (Lipinski definition) is 5. The number of nitrogens with zero attached hydrogens (tertiary/aromatic N) is 2. The van der Waals surface area contributed by atoms with Gasteiger partial charge in [-0.3, -0.25) is 28.9 Å². The summed E-state index contributed by atoms with van der Waals surface area (Å²) in [5, 5.41) is 44.5. The van der Waals surface area contributed by atoms with Crippen molar-refractivity contribution in [3.8, 4) is 5.75 Å². The summed E-state index contributed by atoms with van der Waals surface area (Å²) in [6.45, 7) is 1.18. The molecule has 4 atom stereocenters. The zero-order valence-electron chi connectivity index (χ0n) is 22.3. The van der Waals surface area contributed by atoms with E-state index in [2.05, 4.69) is 0 Å². The van der Waals surface area contributed by atoms with Crippen LogP contribution in [0.1, 0.15) is 52.5 Å². The third kappa shape index (κ3) is 3.85. The van der Waals surface area contributed by atoms with E-state index in [-0.39, 0.29) is 53.6 Å². The van der Waals surface area contributed by atoms with Crippen molar-refractivity contribution in [1.82, 2.24) is 9.80 Å². The van der Waals surface area contributed by atoms with Gasteiger partial charge in [0.05, 0.1) is 18.2 Å². The van der Waals surface area contributed by atoms with Crippen LogP contribution >= 0.6 is 0 Å². The minimum atomic E-state index is -2.74. The van der Waals surface area contributed by atoms with Crippen molar-refractivity contribution in [1.29, 1.82) is 0 Å². The first kappa shape index (κ1) is 27.5. The molecule has 0 heterocycles. The number of phenolic OH excluding ortho intramolecular Hbond substituents is 1. The Labute approximate surface area is 229 Å². The Morgan fingerprint density at radius 1 is 1.10 bits per heavy atom. The first-order valence-corrected chi connectivity index (χ1v) is 13.0. The highest BCUT2D eigenvalue weighted by Crippen LogP contribution is 2.52.